The minimum absolute atomic E-state index is 0.0483. The second-order valence-electron chi connectivity index (χ2n) is 6.20. The molecule has 3 rings (SSSR count). The first-order valence-electron chi connectivity index (χ1n) is 8.56. The number of fused-ring (bicyclic) bond motifs is 1. The number of aromatic nitrogens is 1. The van der Waals surface area contributed by atoms with Gasteiger partial charge in [-0.3, -0.25) is 0 Å². The zero-order valence-corrected chi connectivity index (χ0v) is 15.7. The maximum Gasteiger partial charge on any atom is 0.354 e. The van der Waals surface area contributed by atoms with Crippen LogP contribution in [0.25, 0.3) is 0 Å². The van der Waals surface area contributed by atoms with E-state index in [1.54, 1.807) is 14.0 Å². The van der Waals surface area contributed by atoms with Gasteiger partial charge in [0.1, 0.15) is 10.6 Å². The van der Waals surface area contributed by atoms with Gasteiger partial charge in [-0.1, -0.05) is 24.3 Å². The Morgan fingerprint density at radius 1 is 1.38 bits per heavy atom. The van der Waals surface area contributed by atoms with E-state index < -0.39 is 16.0 Å². The summed E-state index contributed by atoms with van der Waals surface area (Å²) < 4.78 is 34.3. The maximum atomic E-state index is 12.6. The fourth-order valence-electron chi connectivity index (χ4n) is 3.14. The molecule has 0 spiro atoms. The Balaban J connectivity index is 1.74. The van der Waals surface area contributed by atoms with Crippen LogP contribution in [0.15, 0.2) is 41.4 Å². The van der Waals surface area contributed by atoms with Crippen molar-refractivity contribution in [3.63, 3.8) is 0 Å². The number of sulfonamides is 1. The Labute approximate surface area is 153 Å². The lowest BCUT2D eigenvalue weighted by Crippen LogP contribution is -2.38. The lowest BCUT2D eigenvalue weighted by molar-refractivity contribution is 0.0515. The Bertz CT molecular complexity index is 905. The van der Waals surface area contributed by atoms with E-state index in [9.17, 15) is 13.2 Å². The van der Waals surface area contributed by atoms with Crippen molar-refractivity contribution in [2.45, 2.75) is 24.3 Å². The Morgan fingerprint density at radius 3 is 2.92 bits per heavy atom. The third kappa shape index (κ3) is 3.82. The molecule has 1 aromatic carbocycles. The third-order valence-corrected chi connectivity index (χ3v) is 5.86. The standard InChI is InChI=1S/C18H23N3O4S/c1-3-25-18(22)17-10-14(12-21(17)2)26(23,24)20-11-16-15-7-5-4-6-13(15)8-9-19-16/h4-7,10,12,16,19-20H,3,8-9,11H2,1-2H3. The first-order valence-corrected chi connectivity index (χ1v) is 10.0. The van der Waals surface area contributed by atoms with Gasteiger partial charge in [-0.25, -0.2) is 17.9 Å². The van der Waals surface area contributed by atoms with Gasteiger partial charge >= 0.3 is 5.97 Å². The number of aryl methyl sites for hydroxylation is 1. The molecule has 0 radical (unpaired) electrons. The fourth-order valence-corrected chi connectivity index (χ4v) is 4.26. The van der Waals surface area contributed by atoms with Crippen LogP contribution in [-0.4, -0.2) is 38.7 Å². The van der Waals surface area contributed by atoms with E-state index >= 15 is 0 Å². The lowest BCUT2D eigenvalue weighted by Gasteiger charge is -2.27. The number of esters is 1. The fraction of sp³-hybridized carbons (Fsp3) is 0.389. The maximum absolute atomic E-state index is 12.6. The van der Waals surface area contributed by atoms with Gasteiger partial charge in [-0.2, -0.15) is 0 Å². The van der Waals surface area contributed by atoms with E-state index in [1.807, 2.05) is 18.2 Å². The molecular formula is C18H23N3O4S. The van der Waals surface area contributed by atoms with E-state index in [1.165, 1.54) is 22.4 Å². The molecule has 0 amide bonds. The molecule has 7 nitrogen and oxygen atoms in total. The number of nitrogens with zero attached hydrogens (tertiary/aromatic N) is 1. The highest BCUT2D eigenvalue weighted by Gasteiger charge is 2.24. The van der Waals surface area contributed by atoms with Crippen LogP contribution in [0.2, 0.25) is 0 Å². The summed E-state index contributed by atoms with van der Waals surface area (Å²) in [5.41, 5.74) is 2.55. The largest absolute Gasteiger partial charge is 0.461 e. The predicted octanol–water partition coefficient (Wildman–Crippen LogP) is 1.37. The van der Waals surface area contributed by atoms with Gasteiger partial charge in [0.2, 0.25) is 10.0 Å². The molecule has 1 aliphatic heterocycles. The number of carbonyl (C=O) groups is 1. The second kappa shape index (κ2) is 7.61. The van der Waals surface area contributed by atoms with Gasteiger partial charge in [0.05, 0.1) is 6.61 Å². The summed E-state index contributed by atoms with van der Waals surface area (Å²) in [5.74, 6) is -0.542. The van der Waals surface area contributed by atoms with E-state index in [2.05, 4.69) is 16.1 Å². The molecule has 0 saturated carbocycles. The highest BCUT2D eigenvalue weighted by atomic mass is 32.2. The van der Waals surface area contributed by atoms with E-state index in [-0.39, 0.29) is 29.8 Å². The zero-order chi connectivity index (χ0) is 18.7. The molecule has 0 aliphatic carbocycles. The lowest BCUT2D eigenvalue weighted by atomic mass is 9.95. The third-order valence-electron chi connectivity index (χ3n) is 4.47. The van der Waals surface area contributed by atoms with Gasteiger partial charge in [0.25, 0.3) is 0 Å². The van der Waals surface area contributed by atoms with Crippen molar-refractivity contribution in [1.82, 2.24) is 14.6 Å². The Hall–Kier alpha value is -2.16. The predicted molar refractivity (Wildman–Crippen MR) is 97.4 cm³/mol. The molecule has 2 aromatic rings. The van der Waals surface area contributed by atoms with Crippen molar-refractivity contribution < 1.29 is 17.9 Å². The molecule has 0 fully saturated rings. The van der Waals surface area contributed by atoms with Crippen LogP contribution in [0.3, 0.4) is 0 Å². The normalized spacial score (nSPS) is 16.9. The number of benzene rings is 1. The number of rotatable bonds is 6. The van der Waals surface area contributed by atoms with Crippen LogP contribution in [-0.2, 0) is 28.2 Å². The topological polar surface area (TPSA) is 89.4 Å². The number of carbonyl (C=O) groups excluding carboxylic acids is 1. The van der Waals surface area contributed by atoms with Crippen LogP contribution in [0, 0.1) is 0 Å². The molecule has 1 aromatic heterocycles. The SMILES string of the molecule is CCOC(=O)c1cc(S(=O)(=O)NCC2NCCc3ccccc32)cn1C. The van der Waals surface area contributed by atoms with Crippen molar-refractivity contribution in [2.75, 3.05) is 19.7 Å². The minimum Gasteiger partial charge on any atom is -0.461 e. The molecule has 1 unspecified atom stereocenters. The van der Waals surface area contributed by atoms with Crippen molar-refractivity contribution >= 4 is 16.0 Å². The number of nitrogens with one attached hydrogen (secondary N) is 2. The van der Waals surface area contributed by atoms with Crippen LogP contribution < -0.4 is 10.0 Å². The summed E-state index contributed by atoms with van der Waals surface area (Å²) in [7, 11) is -2.12. The molecule has 2 N–H and O–H groups in total. The van der Waals surface area contributed by atoms with Crippen molar-refractivity contribution in [2.24, 2.45) is 7.05 Å². The summed E-state index contributed by atoms with van der Waals surface area (Å²) in [4.78, 5) is 11.9. The summed E-state index contributed by atoms with van der Waals surface area (Å²) in [6.07, 6.45) is 2.35. The first kappa shape index (κ1) is 18.6. The highest BCUT2D eigenvalue weighted by molar-refractivity contribution is 7.89. The molecular weight excluding hydrogens is 354 g/mol. The van der Waals surface area contributed by atoms with Gasteiger partial charge in [0, 0.05) is 25.8 Å². The quantitative estimate of drug-likeness (QED) is 0.742. The number of hydrogen-bond acceptors (Lipinski definition) is 5. The van der Waals surface area contributed by atoms with Crippen molar-refractivity contribution in [3.05, 3.63) is 53.3 Å². The molecule has 1 aliphatic rings. The van der Waals surface area contributed by atoms with E-state index in [4.69, 9.17) is 4.74 Å². The van der Waals surface area contributed by atoms with Gasteiger partial charge in [-0.05, 0) is 37.1 Å². The molecule has 0 saturated heterocycles. The van der Waals surface area contributed by atoms with E-state index in [0.29, 0.717) is 0 Å². The average molecular weight is 377 g/mol. The van der Waals surface area contributed by atoms with Crippen LogP contribution in [0.5, 0.6) is 0 Å². The highest BCUT2D eigenvalue weighted by Crippen LogP contribution is 2.22. The zero-order valence-electron chi connectivity index (χ0n) is 14.9. The van der Waals surface area contributed by atoms with Crippen molar-refractivity contribution in [1.29, 1.82) is 0 Å². The molecule has 0 bridgehead atoms. The molecule has 1 atom stereocenters. The molecule has 26 heavy (non-hydrogen) atoms. The van der Waals surface area contributed by atoms with Crippen molar-refractivity contribution in [3.8, 4) is 0 Å². The monoisotopic (exact) mass is 377 g/mol. The van der Waals surface area contributed by atoms with E-state index in [0.717, 1.165) is 18.5 Å². The molecule has 8 heteroatoms. The minimum atomic E-state index is -3.73. The van der Waals surface area contributed by atoms with Gasteiger partial charge < -0.3 is 14.6 Å². The summed E-state index contributed by atoms with van der Waals surface area (Å²) in [6, 6.07) is 9.29. The molecule has 2 heterocycles. The number of ether oxygens (including phenoxy) is 1. The Kier molecular flexibility index (Phi) is 5.45. The summed E-state index contributed by atoms with van der Waals surface area (Å²) in [6.45, 7) is 2.98. The van der Waals surface area contributed by atoms with Gasteiger partial charge in [0.15, 0.2) is 0 Å². The molecule has 140 valence electrons. The Morgan fingerprint density at radius 2 is 2.15 bits per heavy atom. The summed E-state index contributed by atoms with van der Waals surface area (Å²) in [5, 5.41) is 3.34. The number of hydrogen-bond donors (Lipinski definition) is 2. The van der Waals surface area contributed by atoms with Crippen LogP contribution in [0.1, 0.15) is 34.6 Å². The first-order chi connectivity index (χ1) is 12.4. The smallest absolute Gasteiger partial charge is 0.354 e. The van der Waals surface area contributed by atoms with Gasteiger partial charge in [-0.15, -0.1) is 0 Å². The summed E-state index contributed by atoms with van der Waals surface area (Å²) >= 11 is 0. The van der Waals surface area contributed by atoms with Crippen LogP contribution in [0.4, 0.5) is 0 Å². The second-order valence-corrected chi connectivity index (χ2v) is 7.97. The average Bonchev–Trinajstić information content (AvgIpc) is 3.03. The van der Waals surface area contributed by atoms with Crippen LogP contribution >= 0.6 is 0 Å².